The molecule has 0 atom stereocenters. The van der Waals surface area contributed by atoms with Gasteiger partial charge in [0.2, 0.25) is 0 Å². The van der Waals surface area contributed by atoms with Gasteiger partial charge < -0.3 is 4.57 Å². The van der Waals surface area contributed by atoms with Gasteiger partial charge in [0.1, 0.15) is 0 Å². The van der Waals surface area contributed by atoms with Gasteiger partial charge in [-0.25, -0.2) is 0 Å². The van der Waals surface area contributed by atoms with Crippen molar-refractivity contribution in [1.82, 2.24) is 4.57 Å². The Morgan fingerprint density at radius 1 is 0.289 bits per heavy atom. The van der Waals surface area contributed by atoms with Crippen LogP contribution in [0.1, 0.15) is 0 Å². The molecule has 0 bridgehead atoms. The molecule has 0 amide bonds. The van der Waals surface area contributed by atoms with Crippen LogP contribution < -0.4 is 0 Å². The van der Waals surface area contributed by atoms with E-state index >= 15 is 0 Å². The maximum atomic E-state index is 2.39. The molecular weight excluding hydrogens is 542 g/mol. The highest BCUT2D eigenvalue weighted by Crippen LogP contribution is 2.37. The number of aromatic nitrogens is 1. The third kappa shape index (κ3) is 4.32. The van der Waals surface area contributed by atoms with Crippen LogP contribution in [0.25, 0.3) is 82.4 Å². The Hall–Kier alpha value is -5.92. The number of rotatable bonds is 4. The van der Waals surface area contributed by atoms with Crippen molar-refractivity contribution in [3.8, 4) is 39.1 Å². The monoisotopic (exact) mass is 571 g/mol. The van der Waals surface area contributed by atoms with E-state index in [2.05, 4.69) is 180 Å². The molecule has 1 aromatic heterocycles. The molecule has 1 heterocycles. The van der Waals surface area contributed by atoms with Crippen LogP contribution in [0.15, 0.2) is 176 Å². The zero-order valence-corrected chi connectivity index (χ0v) is 24.7. The lowest BCUT2D eigenvalue weighted by Gasteiger charge is -2.11. The Morgan fingerprint density at radius 3 is 1.64 bits per heavy atom. The maximum absolute atomic E-state index is 2.39. The third-order valence-electron chi connectivity index (χ3n) is 9.20. The van der Waals surface area contributed by atoms with E-state index in [9.17, 15) is 0 Å². The van der Waals surface area contributed by atoms with E-state index in [1.54, 1.807) is 0 Å². The first-order chi connectivity index (χ1) is 22.3. The number of hydrogen-bond donors (Lipinski definition) is 0. The van der Waals surface area contributed by atoms with Crippen molar-refractivity contribution in [2.24, 2.45) is 0 Å². The van der Waals surface area contributed by atoms with Crippen molar-refractivity contribution in [2.45, 2.75) is 0 Å². The fourth-order valence-corrected chi connectivity index (χ4v) is 6.92. The van der Waals surface area contributed by atoms with Crippen LogP contribution in [0.2, 0.25) is 0 Å². The summed E-state index contributed by atoms with van der Waals surface area (Å²) in [5.74, 6) is 0. The molecule has 0 spiro atoms. The molecule has 9 aromatic rings. The van der Waals surface area contributed by atoms with Gasteiger partial charge in [-0.05, 0) is 91.3 Å². The molecule has 8 aromatic carbocycles. The Bertz CT molecular complexity index is 2510. The fraction of sp³-hybridized carbons (Fsp3) is 0. The van der Waals surface area contributed by atoms with Gasteiger partial charge in [0, 0.05) is 16.5 Å². The predicted octanol–water partition coefficient (Wildman–Crippen LogP) is 12.1. The van der Waals surface area contributed by atoms with Crippen LogP contribution in [0, 0.1) is 0 Å². The molecule has 0 aliphatic rings. The van der Waals surface area contributed by atoms with Gasteiger partial charge in [0.25, 0.3) is 0 Å². The average Bonchev–Trinajstić information content (AvgIpc) is 3.45. The second-order valence-electron chi connectivity index (χ2n) is 11.8. The Kier molecular flexibility index (Phi) is 5.89. The summed E-state index contributed by atoms with van der Waals surface area (Å²) in [5, 5.41) is 7.61. The van der Waals surface area contributed by atoms with Crippen LogP contribution >= 0.6 is 0 Å². The van der Waals surface area contributed by atoms with Gasteiger partial charge in [0.05, 0.1) is 11.0 Å². The lowest BCUT2D eigenvalue weighted by molar-refractivity contribution is 1.18. The van der Waals surface area contributed by atoms with E-state index in [0.29, 0.717) is 0 Å². The van der Waals surface area contributed by atoms with Gasteiger partial charge >= 0.3 is 0 Å². The van der Waals surface area contributed by atoms with Gasteiger partial charge in [-0.2, -0.15) is 0 Å². The molecule has 0 N–H and O–H groups in total. The van der Waals surface area contributed by atoms with E-state index in [1.165, 1.54) is 76.7 Å². The third-order valence-corrected chi connectivity index (χ3v) is 9.20. The van der Waals surface area contributed by atoms with Crippen molar-refractivity contribution in [1.29, 1.82) is 0 Å². The minimum absolute atomic E-state index is 1.16. The molecule has 0 unspecified atom stereocenters. The molecule has 9 rings (SSSR count). The summed E-state index contributed by atoms with van der Waals surface area (Å²) in [6.07, 6.45) is 0. The molecule has 0 fully saturated rings. The first-order valence-corrected chi connectivity index (χ1v) is 15.5. The molecule has 0 saturated heterocycles. The molecule has 0 radical (unpaired) electrons. The van der Waals surface area contributed by atoms with E-state index < -0.39 is 0 Å². The minimum atomic E-state index is 1.16. The summed E-state index contributed by atoms with van der Waals surface area (Å²) >= 11 is 0. The van der Waals surface area contributed by atoms with Crippen molar-refractivity contribution < 1.29 is 0 Å². The highest BCUT2D eigenvalue weighted by molar-refractivity contribution is 6.10. The zero-order chi connectivity index (χ0) is 29.7. The Labute approximate surface area is 262 Å². The second kappa shape index (κ2) is 10.4. The van der Waals surface area contributed by atoms with Gasteiger partial charge in [0.15, 0.2) is 0 Å². The van der Waals surface area contributed by atoms with E-state index in [-0.39, 0.29) is 0 Å². The highest BCUT2D eigenvalue weighted by atomic mass is 15.0. The standard InChI is InChI=1S/C44H29N/c1-2-10-35-28-36(21-20-30(35)8-1)31-16-18-32(19-17-31)37-24-27-44-42(29-37)41-13-5-6-15-43(41)45(44)38-25-22-34(23-26-38)40-14-7-11-33-9-3-4-12-39(33)40/h1-29H. The van der Waals surface area contributed by atoms with Crippen LogP contribution in [0.4, 0.5) is 0 Å². The molecule has 210 valence electrons. The molecule has 0 saturated carbocycles. The van der Waals surface area contributed by atoms with Crippen molar-refractivity contribution in [3.05, 3.63) is 176 Å². The SMILES string of the molecule is c1ccc2cc(-c3ccc(-c4ccc5c(c4)c4ccccc4n5-c4ccc(-c5cccc6ccccc56)cc4)cc3)ccc2c1. The van der Waals surface area contributed by atoms with Crippen LogP contribution in [0.5, 0.6) is 0 Å². The van der Waals surface area contributed by atoms with Crippen molar-refractivity contribution in [2.75, 3.05) is 0 Å². The van der Waals surface area contributed by atoms with E-state index in [1.807, 2.05) is 0 Å². The molecule has 0 aliphatic carbocycles. The number of hydrogen-bond acceptors (Lipinski definition) is 0. The van der Waals surface area contributed by atoms with Gasteiger partial charge in [-0.1, -0.05) is 140 Å². The Morgan fingerprint density at radius 2 is 0.844 bits per heavy atom. The topological polar surface area (TPSA) is 4.93 Å². The first kappa shape index (κ1) is 25.6. The molecule has 1 heteroatoms. The minimum Gasteiger partial charge on any atom is -0.309 e. The van der Waals surface area contributed by atoms with E-state index in [4.69, 9.17) is 0 Å². The fourth-order valence-electron chi connectivity index (χ4n) is 6.92. The highest BCUT2D eigenvalue weighted by Gasteiger charge is 2.14. The number of benzene rings is 8. The second-order valence-corrected chi connectivity index (χ2v) is 11.8. The summed E-state index contributed by atoms with van der Waals surface area (Å²) in [5.41, 5.74) is 11.0. The van der Waals surface area contributed by atoms with Crippen LogP contribution in [0.3, 0.4) is 0 Å². The average molecular weight is 572 g/mol. The summed E-state index contributed by atoms with van der Waals surface area (Å²) in [6.45, 7) is 0. The summed E-state index contributed by atoms with van der Waals surface area (Å²) in [4.78, 5) is 0. The quantitative estimate of drug-likeness (QED) is 0.198. The molecule has 45 heavy (non-hydrogen) atoms. The van der Waals surface area contributed by atoms with Crippen LogP contribution in [-0.4, -0.2) is 4.57 Å². The maximum Gasteiger partial charge on any atom is 0.0541 e. The largest absolute Gasteiger partial charge is 0.309 e. The molecule has 1 nitrogen and oxygen atoms in total. The number of fused-ring (bicyclic) bond motifs is 5. The van der Waals surface area contributed by atoms with Crippen molar-refractivity contribution >= 4 is 43.4 Å². The van der Waals surface area contributed by atoms with Gasteiger partial charge in [-0.3, -0.25) is 0 Å². The Balaban J connectivity index is 1.10. The van der Waals surface area contributed by atoms with Crippen molar-refractivity contribution in [3.63, 3.8) is 0 Å². The zero-order valence-electron chi connectivity index (χ0n) is 24.7. The van der Waals surface area contributed by atoms with Gasteiger partial charge in [-0.15, -0.1) is 0 Å². The summed E-state index contributed by atoms with van der Waals surface area (Å²) < 4.78 is 2.39. The normalized spacial score (nSPS) is 11.6. The summed E-state index contributed by atoms with van der Waals surface area (Å²) in [7, 11) is 0. The molecule has 0 aliphatic heterocycles. The number of nitrogens with zero attached hydrogens (tertiary/aromatic N) is 1. The number of para-hydroxylation sites is 1. The van der Waals surface area contributed by atoms with E-state index in [0.717, 1.165) is 5.69 Å². The lowest BCUT2D eigenvalue weighted by Crippen LogP contribution is -1.94. The molecular formula is C44H29N. The summed E-state index contributed by atoms with van der Waals surface area (Å²) in [6, 6.07) is 64.0. The lowest BCUT2D eigenvalue weighted by atomic mass is 9.97. The predicted molar refractivity (Wildman–Crippen MR) is 192 cm³/mol. The first-order valence-electron chi connectivity index (χ1n) is 15.5. The smallest absolute Gasteiger partial charge is 0.0541 e. The van der Waals surface area contributed by atoms with Crippen LogP contribution in [-0.2, 0) is 0 Å².